The first-order chi connectivity index (χ1) is 7.63. The van der Waals surface area contributed by atoms with Gasteiger partial charge < -0.3 is 0 Å². The lowest BCUT2D eigenvalue weighted by Crippen LogP contribution is -2.43. The highest BCUT2D eigenvalue weighted by atomic mass is 32.2. The monoisotopic (exact) mass is 244 g/mol. The first-order valence-electron chi connectivity index (χ1n) is 5.31. The fourth-order valence-corrected chi connectivity index (χ4v) is 2.98. The van der Waals surface area contributed by atoms with Gasteiger partial charge in [-0.2, -0.15) is 17.8 Å². The van der Waals surface area contributed by atoms with Crippen LogP contribution in [0.25, 0.3) is 0 Å². The zero-order chi connectivity index (χ0) is 11.6. The van der Waals surface area contributed by atoms with Gasteiger partial charge in [-0.15, -0.1) is 0 Å². The summed E-state index contributed by atoms with van der Waals surface area (Å²) in [7, 11) is -1.82. The molecule has 2 N–H and O–H groups in total. The lowest BCUT2D eigenvalue weighted by Gasteiger charge is -2.30. The molecule has 1 aliphatic rings. The third kappa shape index (κ3) is 2.26. The maximum Gasteiger partial charge on any atom is 0.279 e. The van der Waals surface area contributed by atoms with Gasteiger partial charge in [0.1, 0.15) is 0 Å². The van der Waals surface area contributed by atoms with Crippen molar-refractivity contribution in [1.29, 1.82) is 0 Å². The minimum absolute atomic E-state index is 0.394. The van der Waals surface area contributed by atoms with E-state index in [9.17, 15) is 8.42 Å². The summed E-state index contributed by atoms with van der Waals surface area (Å²) in [6, 6.07) is 1.95. The maximum absolute atomic E-state index is 11.5. The van der Waals surface area contributed by atoms with Crippen LogP contribution in [0.1, 0.15) is 24.5 Å². The largest absolute Gasteiger partial charge is 0.282 e. The molecule has 90 valence electrons. The molecule has 0 aliphatic carbocycles. The van der Waals surface area contributed by atoms with Crippen LogP contribution in [0.2, 0.25) is 0 Å². The standard InChI is InChI=1S/C9H16N4O2S/c1-10-16(14,15)13-6-3-8(4-7-13)9-2-5-11-12-9/h2,5,8,10H,3-4,6-7H2,1H3,(H,11,12). The number of nitrogens with one attached hydrogen (secondary N) is 2. The van der Waals surface area contributed by atoms with Crippen LogP contribution in [0.5, 0.6) is 0 Å². The van der Waals surface area contributed by atoms with Crippen molar-refractivity contribution in [2.24, 2.45) is 0 Å². The van der Waals surface area contributed by atoms with Crippen molar-refractivity contribution >= 4 is 10.2 Å². The van der Waals surface area contributed by atoms with E-state index in [2.05, 4.69) is 14.9 Å². The van der Waals surface area contributed by atoms with E-state index in [4.69, 9.17) is 0 Å². The Morgan fingerprint density at radius 2 is 2.19 bits per heavy atom. The van der Waals surface area contributed by atoms with Gasteiger partial charge in [0.25, 0.3) is 10.2 Å². The minimum atomic E-state index is -3.26. The highest BCUT2D eigenvalue weighted by molar-refractivity contribution is 7.87. The molecule has 0 unspecified atom stereocenters. The fraction of sp³-hybridized carbons (Fsp3) is 0.667. The highest BCUT2D eigenvalue weighted by Crippen LogP contribution is 2.26. The van der Waals surface area contributed by atoms with E-state index in [1.165, 1.54) is 11.4 Å². The molecule has 0 saturated carbocycles. The molecule has 7 heteroatoms. The number of aromatic nitrogens is 2. The lowest BCUT2D eigenvalue weighted by molar-refractivity contribution is 0.314. The summed E-state index contributed by atoms with van der Waals surface area (Å²) in [6.07, 6.45) is 3.40. The van der Waals surface area contributed by atoms with Crippen LogP contribution in [-0.2, 0) is 10.2 Å². The van der Waals surface area contributed by atoms with Crippen LogP contribution in [-0.4, -0.2) is 43.1 Å². The second kappa shape index (κ2) is 4.52. The molecule has 0 amide bonds. The van der Waals surface area contributed by atoms with Crippen molar-refractivity contribution in [3.8, 4) is 0 Å². The van der Waals surface area contributed by atoms with Crippen molar-refractivity contribution in [2.75, 3.05) is 20.1 Å². The van der Waals surface area contributed by atoms with Gasteiger partial charge in [0.2, 0.25) is 0 Å². The molecule has 1 fully saturated rings. The molecule has 1 aliphatic heterocycles. The van der Waals surface area contributed by atoms with Gasteiger partial charge in [0.15, 0.2) is 0 Å². The maximum atomic E-state index is 11.5. The van der Waals surface area contributed by atoms with E-state index in [-0.39, 0.29) is 0 Å². The van der Waals surface area contributed by atoms with Gasteiger partial charge in [-0.25, -0.2) is 4.72 Å². The SMILES string of the molecule is CNS(=O)(=O)N1CCC(c2ccn[nH]2)CC1. The Morgan fingerprint density at radius 3 is 2.69 bits per heavy atom. The van der Waals surface area contributed by atoms with Crippen LogP contribution in [0.3, 0.4) is 0 Å². The van der Waals surface area contributed by atoms with E-state index in [0.717, 1.165) is 18.5 Å². The molecule has 1 saturated heterocycles. The van der Waals surface area contributed by atoms with Crippen LogP contribution < -0.4 is 4.72 Å². The molecule has 6 nitrogen and oxygen atoms in total. The number of nitrogens with zero attached hydrogens (tertiary/aromatic N) is 2. The quantitative estimate of drug-likeness (QED) is 0.789. The second-order valence-corrected chi connectivity index (χ2v) is 5.77. The van der Waals surface area contributed by atoms with Gasteiger partial charge in [-0.05, 0) is 18.9 Å². The predicted molar refractivity (Wildman–Crippen MR) is 60.1 cm³/mol. The fourth-order valence-electron chi connectivity index (χ4n) is 2.03. The average molecular weight is 244 g/mol. The summed E-state index contributed by atoms with van der Waals surface area (Å²) in [5.74, 6) is 0.394. The molecule has 0 atom stereocenters. The normalized spacial score (nSPS) is 20.1. The average Bonchev–Trinajstić information content (AvgIpc) is 2.83. The van der Waals surface area contributed by atoms with Crippen LogP contribution in [0.4, 0.5) is 0 Å². The second-order valence-electron chi connectivity index (χ2n) is 3.89. The molecule has 2 rings (SSSR count). The third-order valence-electron chi connectivity index (χ3n) is 3.01. The van der Waals surface area contributed by atoms with Crippen molar-refractivity contribution in [2.45, 2.75) is 18.8 Å². The van der Waals surface area contributed by atoms with E-state index in [1.807, 2.05) is 6.07 Å². The van der Waals surface area contributed by atoms with Gasteiger partial charge in [-0.1, -0.05) is 0 Å². The number of hydrogen-bond donors (Lipinski definition) is 2. The van der Waals surface area contributed by atoms with E-state index < -0.39 is 10.2 Å². The Balaban J connectivity index is 1.98. The molecule has 0 spiro atoms. The molecule has 16 heavy (non-hydrogen) atoms. The molecular formula is C9H16N4O2S. The van der Waals surface area contributed by atoms with Gasteiger partial charge in [0, 0.05) is 37.9 Å². The van der Waals surface area contributed by atoms with Crippen molar-refractivity contribution in [1.82, 2.24) is 19.2 Å². The smallest absolute Gasteiger partial charge is 0.279 e. The summed E-state index contributed by atoms with van der Waals surface area (Å²) in [5, 5.41) is 6.85. The molecule has 0 aromatic carbocycles. The van der Waals surface area contributed by atoms with Crippen molar-refractivity contribution in [3.63, 3.8) is 0 Å². The number of rotatable bonds is 3. The Morgan fingerprint density at radius 1 is 1.50 bits per heavy atom. The molecule has 1 aromatic rings. The zero-order valence-corrected chi connectivity index (χ0v) is 10.00. The van der Waals surface area contributed by atoms with E-state index in [1.54, 1.807) is 6.20 Å². The predicted octanol–water partition coefficient (Wildman–Crippen LogP) is 0.0533. The van der Waals surface area contributed by atoms with Gasteiger partial charge in [-0.3, -0.25) is 5.10 Å². The number of hydrogen-bond acceptors (Lipinski definition) is 3. The van der Waals surface area contributed by atoms with Crippen LogP contribution in [0.15, 0.2) is 12.3 Å². The van der Waals surface area contributed by atoms with Crippen molar-refractivity contribution < 1.29 is 8.42 Å². The van der Waals surface area contributed by atoms with Crippen LogP contribution in [0, 0.1) is 0 Å². The number of aromatic amines is 1. The first-order valence-corrected chi connectivity index (χ1v) is 6.75. The minimum Gasteiger partial charge on any atom is -0.282 e. The number of H-pyrrole nitrogens is 1. The Kier molecular flexibility index (Phi) is 3.27. The first kappa shape index (κ1) is 11.6. The third-order valence-corrected chi connectivity index (χ3v) is 4.57. The molecule has 0 radical (unpaired) electrons. The Bertz CT molecular complexity index is 420. The summed E-state index contributed by atoms with van der Waals surface area (Å²) in [4.78, 5) is 0. The molecule has 2 heterocycles. The molecule has 1 aromatic heterocycles. The van der Waals surface area contributed by atoms with E-state index in [0.29, 0.717) is 19.0 Å². The Hall–Kier alpha value is -0.920. The van der Waals surface area contributed by atoms with E-state index >= 15 is 0 Å². The summed E-state index contributed by atoms with van der Waals surface area (Å²) < 4.78 is 26.9. The van der Waals surface area contributed by atoms with Gasteiger partial charge in [0.05, 0.1) is 0 Å². The van der Waals surface area contributed by atoms with Crippen molar-refractivity contribution in [3.05, 3.63) is 18.0 Å². The summed E-state index contributed by atoms with van der Waals surface area (Å²) >= 11 is 0. The molecular weight excluding hydrogens is 228 g/mol. The van der Waals surface area contributed by atoms with Crippen LogP contribution >= 0.6 is 0 Å². The Labute approximate surface area is 95.2 Å². The lowest BCUT2D eigenvalue weighted by atomic mass is 9.95. The van der Waals surface area contributed by atoms with Gasteiger partial charge >= 0.3 is 0 Å². The summed E-state index contributed by atoms with van der Waals surface area (Å²) in [6.45, 7) is 1.12. The molecule has 0 bridgehead atoms. The summed E-state index contributed by atoms with van der Waals surface area (Å²) in [5.41, 5.74) is 1.10. The number of piperidine rings is 1. The zero-order valence-electron chi connectivity index (χ0n) is 9.18. The topological polar surface area (TPSA) is 78.1 Å². The highest BCUT2D eigenvalue weighted by Gasteiger charge is 2.27.